The first-order valence-corrected chi connectivity index (χ1v) is 7.27. The first-order valence-electron chi connectivity index (χ1n) is 6.32. The maximum absolute atomic E-state index is 11.7. The molecule has 1 aromatic carbocycles. The van der Waals surface area contributed by atoms with Crippen molar-refractivity contribution >= 4 is 28.8 Å². The van der Waals surface area contributed by atoms with Crippen LogP contribution in [0.4, 0.5) is 5.69 Å². The van der Waals surface area contributed by atoms with E-state index < -0.39 is 11.8 Å². The molecule has 0 saturated heterocycles. The Balaban J connectivity index is 1.80. The van der Waals surface area contributed by atoms with E-state index in [2.05, 4.69) is 10.6 Å². The minimum absolute atomic E-state index is 0.455. The highest BCUT2D eigenvalue weighted by atomic mass is 32.1. The van der Waals surface area contributed by atoms with E-state index in [1.165, 1.54) is 0 Å². The van der Waals surface area contributed by atoms with Crippen LogP contribution in [0.15, 0.2) is 41.1 Å². The van der Waals surface area contributed by atoms with Gasteiger partial charge in [-0.15, -0.1) is 0 Å². The van der Waals surface area contributed by atoms with Crippen LogP contribution in [0.1, 0.15) is 11.1 Å². The quantitative estimate of drug-likeness (QED) is 0.849. The van der Waals surface area contributed by atoms with E-state index in [4.69, 9.17) is 0 Å². The molecule has 0 radical (unpaired) electrons. The van der Waals surface area contributed by atoms with Crippen LogP contribution in [0, 0.1) is 6.92 Å². The maximum Gasteiger partial charge on any atom is 0.313 e. The van der Waals surface area contributed by atoms with Crippen molar-refractivity contribution in [3.63, 3.8) is 0 Å². The topological polar surface area (TPSA) is 58.2 Å². The normalized spacial score (nSPS) is 10.1. The van der Waals surface area contributed by atoms with Gasteiger partial charge < -0.3 is 10.6 Å². The first-order chi connectivity index (χ1) is 9.66. The largest absolute Gasteiger partial charge is 0.347 e. The number of anilines is 1. The van der Waals surface area contributed by atoms with Crippen molar-refractivity contribution in [2.24, 2.45) is 0 Å². The molecule has 2 rings (SSSR count). The van der Waals surface area contributed by atoms with Crippen LogP contribution in [0.5, 0.6) is 0 Å². The van der Waals surface area contributed by atoms with Gasteiger partial charge in [0, 0.05) is 12.2 Å². The van der Waals surface area contributed by atoms with Gasteiger partial charge in [0.05, 0.1) is 0 Å². The van der Waals surface area contributed by atoms with Gasteiger partial charge in [-0.05, 0) is 47.4 Å². The van der Waals surface area contributed by atoms with Crippen LogP contribution in [-0.2, 0) is 16.0 Å². The molecule has 5 heteroatoms. The van der Waals surface area contributed by atoms with Crippen LogP contribution in [-0.4, -0.2) is 18.4 Å². The molecule has 0 fully saturated rings. The van der Waals surface area contributed by atoms with E-state index in [0.717, 1.165) is 17.5 Å². The standard InChI is InChI=1S/C15H16N2O2S/c1-11-4-2-3-5-13(11)17-15(19)14(18)16-8-6-12-7-9-20-10-12/h2-5,7,9-10H,6,8H2,1H3,(H,16,18)(H,17,19). The molecule has 0 aliphatic carbocycles. The molecule has 0 aliphatic heterocycles. The summed E-state index contributed by atoms with van der Waals surface area (Å²) >= 11 is 1.62. The van der Waals surface area contributed by atoms with E-state index in [9.17, 15) is 9.59 Å². The van der Waals surface area contributed by atoms with Gasteiger partial charge in [-0.2, -0.15) is 11.3 Å². The predicted molar refractivity (Wildman–Crippen MR) is 80.8 cm³/mol. The van der Waals surface area contributed by atoms with Crippen LogP contribution < -0.4 is 10.6 Å². The molecule has 104 valence electrons. The molecule has 2 amide bonds. The highest BCUT2D eigenvalue weighted by Gasteiger charge is 2.13. The number of carbonyl (C=O) groups is 2. The van der Waals surface area contributed by atoms with Gasteiger partial charge in [0.1, 0.15) is 0 Å². The number of rotatable bonds is 4. The number of hydrogen-bond donors (Lipinski definition) is 2. The summed E-state index contributed by atoms with van der Waals surface area (Å²) < 4.78 is 0. The monoisotopic (exact) mass is 288 g/mol. The van der Waals surface area contributed by atoms with Crippen molar-refractivity contribution in [3.05, 3.63) is 52.2 Å². The summed E-state index contributed by atoms with van der Waals surface area (Å²) in [5.74, 6) is -1.24. The lowest BCUT2D eigenvalue weighted by molar-refractivity contribution is -0.136. The fraction of sp³-hybridized carbons (Fsp3) is 0.200. The summed E-state index contributed by atoms with van der Waals surface area (Å²) in [6.07, 6.45) is 0.729. The van der Waals surface area contributed by atoms with Gasteiger partial charge in [-0.3, -0.25) is 9.59 Å². The molecule has 0 bridgehead atoms. The number of para-hydroxylation sites is 1. The Morgan fingerprint density at radius 3 is 2.65 bits per heavy atom. The summed E-state index contributed by atoms with van der Waals surface area (Å²) in [6, 6.07) is 9.35. The molecule has 0 spiro atoms. The Bertz CT molecular complexity index is 594. The Labute approximate surface area is 121 Å². The lowest BCUT2D eigenvalue weighted by Gasteiger charge is -2.08. The van der Waals surface area contributed by atoms with Gasteiger partial charge in [0.25, 0.3) is 0 Å². The molecule has 4 nitrogen and oxygen atoms in total. The minimum Gasteiger partial charge on any atom is -0.347 e. The smallest absolute Gasteiger partial charge is 0.313 e. The second kappa shape index (κ2) is 6.86. The zero-order valence-corrected chi connectivity index (χ0v) is 12.0. The Kier molecular flexibility index (Phi) is 4.90. The SMILES string of the molecule is Cc1ccccc1NC(=O)C(=O)NCCc1ccsc1. The van der Waals surface area contributed by atoms with Crippen molar-refractivity contribution < 1.29 is 9.59 Å². The van der Waals surface area contributed by atoms with Gasteiger partial charge in [0.2, 0.25) is 0 Å². The van der Waals surface area contributed by atoms with Crippen molar-refractivity contribution in [1.82, 2.24) is 5.32 Å². The highest BCUT2D eigenvalue weighted by molar-refractivity contribution is 7.07. The van der Waals surface area contributed by atoms with Crippen LogP contribution >= 0.6 is 11.3 Å². The summed E-state index contributed by atoms with van der Waals surface area (Å²) in [7, 11) is 0. The third-order valence-corrected chi connectivity index (χ3v) is 3.61. The number of aryl methyl sites for hydroxylation is 1. The first kappa shape index (κ1) is 14.3. The minimum atomic E-state index is -0.635. The second-order valence-corrected chi connectivity index (χ2v) is 5.19. The number of amides is 2. The lowest BCUT2D eigenvalue weighted by atomic mass is 10.2. The summed E-state index contributed by atoms with van der Waals surface area (Å²) in [5, 5.41) is 9.23. The fourth-order valence-electron chi connectivity index (χ4n) is 1.73. The summed E-state index contributed by atoms with van der Waals surface area (Å²) in [4.78, 5) is 23.4. The molecule has 2 N–H and O–H groups in total. The number of thiophene rings is 1. The lowest BCUT2D eigenvalue weighted by Crippen LogP contribution is -2.36. The van der Waals surface area contributed by atoms with Crippen molar-refractivity contribution in [3.8, 4) is 0 Å². The third-order valence-electron chi connectivity index (χ3n) is 2.88. The van der Waals surface area contributed by atoms with E-state index >= 15 is 0 Å². The number of nitrogens with one attached hydrogen (secondary N) is 2. The molecule has 0 saturated carbocycles. The molecule has 0 aliphatic rings. The van der Waals surface area contributed by atoms with Crippen molar-refractivity contribution in [1.29, 1.82) is 0 Å². The summed E-state index contributed by atoms with van der Waals surface area (Å²) in [6.45, 7) is 2.33. The molecule has 1 heterocycles. The molecular formula is C15H16N2O2S. The van der Waals surface area contributed by atoms with E-state index in [0.29, 0.717) is 12.2 Å². The van der Waals surface area contributed by atoms with Crippen molar-refractivity contribution in [2.45, 2.75) is 13.3 Å². The van der Waals surface area contributed by atoms with Gasteiger partial charge in [-0.25, -0.2) is 0 Å². The highest BCUT2D eigenvalue weighted by Crippen LogP contribution is 2.12. The van der Waals surface area contributed by atoms with E-state index in [1.54, 1.807) is 17.4 Å². The van der Waals surface area contributed by atoms with E-state index in [-0.39, 0.29) is 0 Å². The van der Waals surface area contributed by atoms with Crippen LogP contribution in [0.25, 0.3) is 0 Å². The Morgan fingerprint density at radius 2 is 1.95 bits per heavy atom. The Morgan fingerprint density at radius 1 is 1.15 bits per heavy atom. The fourth-order valence-corrected chi connectivity index (χ4v) is 2.43. The Hall–Kier alpha value is -2.14. The molecule has 0 atom stereocenters. The zero-order valence-electron chi connectivity index (χ0n) is 11.2. The van der Waals surface area contributed by atoms with Crippen LogP contribution in [0.2, 0.25) is 0 Å². The second-order valence-electron chi connectivity index (χ2n) is 4.41. The van der Waals surface area contributed by atoms with Gasteiger partial charge in [0.15, 0.2) is 0 Å². The molecule has 2 aromatic rings. The number of carbonyl (C=O) groups excluding carboxylic acids is 2. The molecule has 0 unspecified atom stereocenters. The van der Waals surface area contributed by atoms with Crippen molar-refractivity contribution in [2.75, 3.05) is 11.9 Å². The van der Waals surface area contributed by atoms with Crippen LogP contribution in [0.3, 0.4) is 0 Å². The molecular weight excluding hydrogens is 272 g/mol. The average molecular weight is 288 g/mol. The molecule has 20 heavy (non-hydrogen) atoms. The maximum atomic E-state index is 11.7. The van der Waals surface area contributed by atoms with Gasteiger partial charge in [-0.1, -0.05) is 18.2 Å². The predicted octanol–water partition coefficient (Wildman–Crippen LogP) is 2.35. The molecule has 1 aromatic heterocycles. The number of hydrogen-bond acceptors (Lipinski definition) is 3. The zero-order chi connectivity index (χ0) is 14.4. The van der Waals surface area contributed by atoms with Gasteiger partial charge >= 0.3 is 11.8 Å². The van der Waals surface area contributed by atoms with E-state index in [1.807, 2.05) is 41.9 Å². The number of benzene rings is 1. The summed E-state index contributed by atoms with van der Waals surface area (Å²) in [5.41, 5.74) is 2.74. The average Bonchev–Trinajstić information content (AvgIpc) is 2.94. The third kappa shape index (κ3) is 3.93.